The standard InChI is InChI=1S/C16H16FNO3S/c17-14-5-2-13(3-6-14)4-7-15(19)18-10-1-8-16(18)9-11-22(20,21)12-16/h2-3,5-6H,1,8-12H2. The second-order valence-corrected chi connectivity index (χ2v) is 8.07. The second kappa shape index (κ2) is 5.40. The number of carbonyl (C=O) groups excluding carboxylic acids is 1. The molecular formula is C16H16FNO3S. The summed E-state index contributed by atoms with van der Waals surface area (Å²) in [5, 5.41) is 0. The number of hydrogen-bond donors (Lipinski definition) is 0. The first-order chi connectivity index (χ1) is 10.4. The molecule has 2 fully saturated rings. The molecule has 0 aliphatic carbocycles. The van der Waals surface area contributed by atoms with Crippen molar-refractivity contribution in [2.75, 3.05) is 18.1 Å². The minimum absolute atomic E-state index is 0.0456. The molecule has 1 amide bonds. The molecule has 0 aromatic heterocycles. The minimum atomic E-state index is -3.06. The van der Waals surface area contributed by atoms with E-state index in [-0.39, 0.29) is 23.2 Å². The molecule has 0 N–H and O–H groups in total. The van der Waals surface area contributed by atoms with Gasteiger partial charge in [-0.05, 0) is 43.5 Å². The van der Waals surface area contributed by atoms with Crippen molar-refractivity contribution in [2.45, 2.75) is 24.8 Å². The summed E-state index contributed by atoms with van der Waals surface area (Å²) >= 11 is 0. The van der Waals surface area contributed by atoms with Crippen LogP contribution in [0.1, 0.15) is 24.8 Å². The van der Waals surface area contributed by atoms with Crippen LogP contribution in [-0.2, 0) is 14.6 Å². The molecule has 116 valence electrons. The molecule has 22 heavy (non-hydrogen) atoms. The van der Waals surface area contributed by atoms with Crippen molar-refractivity contribution in [1.82, 2.24) is 4.90 Å². The van der Waals surface area contributed by atoms with Gasteiger partial charge in [-0.2, -0.15) is 0 Å². The van der Waals surface area contributed by atoms with E-state index in [1.807, 2.05) is 0 Å². The maximum atomic E-state index is 12.8. The summed E-state index contributed by atoms with van der Waals surface area (Å²) in [7, 11) is -3.06. The zero-order chi connectivity index (χ0) is 15.8. The van der Waals surface area contributed by atoms with Gasteiger partial charge in [-0.1, -0.05) is 5.92 Å². The number of nitrogens with zero attached hydrogens (tertiary/aromatic N) is 1. The molecule has 1 atom stereocenters. The van der Waals surface area contributed by atoms with Gasteiger partial charge in [-0.3, -0.25) is 4.79 Å². The highest BCUT2D eigenvalue weighted by molar-refractivity contribution is 7.91. The second-order valence-electron chi connectivity index (χ2n) is 5.88. The zero-order valence-electron chi connectivity index (χ0n) is 12.0. The van der Waals surface area contributed by atoms with Crippen LogP contribution in [-0.4, -0.2) is 42.8 Å². The fourth-order valence-corrected chi connectivity index (χ4v) is 5.39. The lowest BCUT2D eigenvalue weighted by Gasteiger charge is -2.32. The van der Waals surface area contributed by atoms with Crippen molar-refractivity contribution in [3.05, 3.63) is 35.6 Å². The predicted octanol–water partition coefficient (Wildman–Crippen LogP) is 1.36. The first-order valence-corrected chi connectivity index (χ1v) is 9.02. The maximum absolute atomic E-state index is 12.8. The first-order valence-electron chi connectivity index (χ1n) is 7.20. The van der Waals surface area contributed by atoms with E-state index in [4.69, 9.17) is 0 Å². The summed E-state index contributed by atoms with van der Waals surface area (Å²) in [5.41, 5.74) is -0.00467. The third-order valence-corrected chi connectivity index (χ3v) is 6.17. The number of rotatable bonds is 0. The number of hydrogen-bond acceptors (Lipinski definition) is 3. The minimum Gasteiger partial charge on any atom is -0.325 e. The van der Waals surface area contributed by atoms with Gasteiger partial charge in [0.25, 0.3) is 5.91 Å². The maximum Gasteiger partial charge on any atom is 0.299 e. The lowest BCUT2D eigenvalue weighted by Crippen LogP contribution is -2.47. The Morgan fingerprint density at radius 2 is 1.95 bits per heavy atom. The van der Waals surface area contributed by atoms with E-state index in [9.17, 15) is 17.6 Å². The Hall–Kier alpha value is -1.87. The van der Waals surface area contributed by atoms with Crippen molar-refractivity contribution in [1.29, 1.82) is 0 Å². The number of sulfone groups is 1. The molecule has 0 bridgehead atoms. The summed E-state index contributed by atoms with van der Waals surface area (Å²) in [5.74, 6) is 4.76. The molecule has 6 heteroatoms. The molecular weight excluding hydrogens is 305 g/mol. The predicted molar refractivity (Wildman–Crippen MR) is 80.2 cm³/mol. The number of likely N-dealkylation sites (tertiary alicyclic amines) is 1. The van der Waals surface area contributed by atoms with Crippen molar-refractivity contribution >= 4 is 15.7 Å². The van der Waals surface area contributed by atoms with Gasteiger partial charge in [0, 0.05) is 18.0 Å². The van der Waals surface area contributed by atoms with Crippen LogP contribution in [0, 0.1) is 17.7 Å². The molecule has 0 radical (unpaired) electrons. The van der Waals surface area contributed by atoms with Gasteiger partial charge in [0.05, 0.1) is 17.0 Å². The van der Waals surface area contributed by atoms with E-state index >= 15 is 0 Å². The third kappa shape index (κ3) is 2.86. The van der Waals surface area contributed by atoms with Crippen molar-refractivity contribution in [2.24, 2.45) is 0 Å². The summed E-state index contributed by atoms with van der Waals surface area (Å²) in [4.78, 5) is 14.0. The molecule has 4 nitrogen and oxygen atoms in total. The molecule has 1 aromatic rings. The lowest BCUT2D eigenvalue weighted by atomic mass is 9.95. The summed E-state index contributed by atoms with van der Waals surface area (Å²) < 4.78 is 36.3. The van der Waals surface area contributed by atoms with Crippen LogP contribution in [0.3, 0.4) is 0 Å². The Balaban J connectivity index is 1.79. The van der Waals surface area contributed by atoms with Gasteiger partial charge >= 0.3 is 0 Å². The Morgan fingerprint density at radius 1 is 1.23 bits per heavy atom. The molecule has 2 aliphatic rings. The summed E-state index contributed by atoms with van der Waals surface area (Å²) in [6.45, 7) is 0.548. The third-order valence-electron chi connectivity index (χ3n) is 4.37. The van der Waals surface area contributed by atoms with Gasteiger partial charge in [0.2, 0.25) is 0 Å². The number of benzene rings is 1. The van der Waals surface area contributed by atoms with Crippen LogP contribution in [0.2, 0.25) is 0 Å². The van der Waals surface area contributed by atoms with Crippen LogP contribution in [0.15, 0.2) is 24.3 Å². The van der Waals surface area contributed by atoms with Gasteiger partial charge in [-0.15, -0.1) is 0 Å². The Morgan fingerprint density at radius 3 is 2.59 bits per heavy atom. The molecule has 3 rings (SSSR count). The largest absolute Gasteiger partial charge is 0.325 e. The highest BCUT2D eigenvalue weighted by Crippen LogP contribution is 2.38. The van der Waals surface area contributed by atoms with E-state index in [0.717, 1.165) is 12.8 Å². The smallest absolute Gasteiger partial charge is 0.299 e. The Bertz CT molecular complexity index is 761. The number of halogens is 1. The van der Waals surface area contributed by atoms with E-state index in [1.54, 1.807) is 4.90 Å². The quantitative estimate of drug-likeness (QED) is 0.678. The van der Waals surface area contributed by atoms with Gasteiger partial charge in [0.15, 0.2) is 9.84 Å². The van der Waals surface area contributed by atoms with E-state index in [0.29, 0.717) is 18.5 Å². The molecule has 1 spiro atoms. The molecule has 2 saturated heterocycles. The van der Waals surface area contributed by atoms with Crippen LogP contribution < -0.4 is 0 Å². The normalized spacial score (nSPS) is 26.0. The number of carbonyl (C=O) groups is 1. The lowest BCUT2D eigenvalue weighted by molar-refractivity contribution is -0.128. The average Bonchev–Trinajstić information content (AvgIpc) is 3.01. The van der Waals surface area contributed by atoms with Crippen molar-refractivity contribution in [3.8, 4) is 11.8 Å². The zero-order valence-corrected chi connectivity index (χ0v) is 12.8. The topological polar surface area (TPSA) is 54.5 Å². The summed E-state index contributed by atoms with van der Waals surface area (Å²) in [6.07, 6.45) is 2.02. The van der Waals surface area contributed by atoms with E-state index < -0.39 is 15.4 Å². The number of amides is 1. The summed E-state index contributed by atoms with van der Waals surface area (Å²) in [6, 6.07) is 5.59. The van der Waals surface area contributed by atoms with Gasteiger partial charge in [0.1, 0.15) is 5.82 Å². The van der Waals surface area contributed by atoms with Crippen LogP contribution in [0.4, 0.5) is 4.39 Å². The average molecular weight is 321 g/mol. The van der Waals surface area contributed by atoms with Crippen molar-refractivity contribution < 1.29 is 17.6 Å². The molecule has 1 unspecified atom stereocenters. The van der Waals surface area contributed by atoms with E-state index in [2.05, 4.69) is 11.8 Å². The molecule has 1 aromatic carbocycles. The fraction of sp³-hybridized carbons (Fsp3) is 0.438. The monoisotopic (exact) mass is 321 g/mol. The van der Waals surface area contributed by atoms with Gasteiger partial charge in [-0.25, -0.2) is 12.8 Å². The van der Waals surface area contributed by atoms with Crippen LogP contribution in [0.25, 0.3) is 0 Å². The van der Waals surface area contributed by atoms with Crippen LogP contribution in [0.5, 0.6) is 0 Å². The van der Waals surface area contributed by atoms with E-state index in [1.165, 1.54) is 24.3 Å². The highest BCUT2D eigenvalue weighted by Gasteiger charge is 2.50. The fourth-order valence-electron chi connectivity index (χ4n) is 3.29. The molecule has 2 aliphatic heterocycles. The molecule has 0 saturated carbocycles. The SMILES string of the molecule is O=C(C#Cc1ccc(F)cc1)N1CCCC12CCS(=O)(=O)C2. The Labute approximate surface area is 129 Å². The first kappa shape index (κ1) is 15.0. The van der Waals surface area contributed by atoms with Crippen molar-refractivity contribution in [3.63, 3.8) is 0 Å². The molecule has 2 heterocycles. The van der Waals surface area contributed by atoms with Crippen LogP contribution >= 0.6 is 0 Å². The highest BCUT2D eigenvalue weighted by atomic mass is 32.2. The Kier molecular flexibility index (Phi) is 3.69. The van der Waals surface area contributed by atoms with Gasteiger partial charge < -0.3 is 4.90 Å².